The molecular weight excluding hydrogens is 362 g/mol. The second-order valence-electron chi connectivity index (χ2n) is 8.93. The first-order valence-electron chi connectivity index (χ1n) is 10.6. The van der Waals surface area contributed by atoms with E-state index in [0.29, 0.717) is 24.6 Å². The van der Waals surface area contributed by atoms with E-state index in [2.05, 4.69) is 55.7 Å². The van der Waals surface area contributed by atoms with E-state index < -0.39 is 0 Å². The zero-order valence-electron chi connectivity index (χ0n) is 18.2. The number of rotatable bonds is 5. The second kappa shape index (κ2) is 7.82. The molecule has 6 nitrogen and oxygen atoms in total. The van der Waals surface area contributed by atoms with Crippen molar-refractivity contribution in [2.45, 2.75) is 45.9 Å². The Morgan fingerprint density at radius 3 is 2.86 bits per heavy atom. The van der Waals surface area contributed by atoms with Crippen LogP contribution in [0.5, 0.6) is 0 Å². The lowest BCUT2D eigenvalue weighted by Crippen LogP contribution is -2.67. The highest BCUT2D eigenvalue weighted by Crippen LogP contribution is 2.52. The van der Waals surface area contributed by atoms with Gasteiger partial charge in [-0.3, -0.25) is 0 Å². The van der Waals surface area contributed by atoms with Gasteiger partial charge >= 0.3 is 0 Å². The molecule has 1 aromatic heterocycles. The number of benzene rings is 1. The fraction of sp³-hybridized carbons (Fsp3) is 0.565. The maximum Gasteiger partial charge on any atom is 0.191 e. The summed E-state index contributed by atoms with van der Waals surface area (Å²) in [5.41, 5.74) is 2.32. The van der Waals surface area contributed by atoms with Crippen LogP contribution in [0.2, 0.25) is 0 Å². The van der Waals surface area contributed by atoms with Gasteiger partial charge in [-0.2, -0.15) is 0 Å². The van der Waals surface area contributed by atoms with Crippen LogP contribution in [-0.2, 0) is 11.3 Å². The molecule has 3 atom stereocenters. The fourth-order valence-corrected chi connectivity index (χ4v) is 4.84. The van der Waals surface area contributed by atoms with Crippen LogP contribution in [0, 0.1) is 11.3 Å². The van der Waals surface area contributed by atoms with Gasteiger partial charge in [-0.1, -0.05) is 32.0 Å². The summed E-state index contributed by atoms with van der Waals surface area (Å²) in [5, 5.41) is 8.29. The van der Waals surface area contributed by atoms with E-state index >= 15 is 0 Å². The van der Waals surface area contributed by atoms with Crippen molar-refractivity contribution in [2.24, 2.45) is 16.3 Å². The number of anilines is 1. The summed E-state index contributed by atoms with van der Waals surface area (Å²) in [6, 6.07) is 10.8. The Kier molecular flexibility index (Phi) is 5.38. The quantitative estimate of drug-likeness (QED) is 0.601. The fourth-order valence-electron chi connectivity index (χ4n) is 4.84. The molecule has 6 heteroatoms. The number of fused-ring (bicyclic) bond motifs is 2. The van der Waals surface area contributed by atoms with Crippen molar-refractivity contribution in [3.8, 4) is 0 Å². The van der Waals surface area contributed by atoms with Crippen molar-refractivity contribution in [1.29, 1.82) is 0 Å². The molecule has 1 saturated heterocycles. The number of nitrogens with zero attached hydrogens (tertiary/aromatic N) is 3. The number of para-hydroxylation sites is 1. The number of aliphatic imine (C=N–C) groups is 1. The summed E-state index contributed by atoms with van der Waals surface area (Å²) in [6.45, 7) is 9.01. The third-order valence-electron chi connectivity index (χ3n) is 6.39. The maximum absolute atomic E-state index is 5.94. The van der Waals surface area contributed by atoms with Gasteiger partial charge in [-0.05, 0) is 31.0 Å². The zero-order valence-corrected chi connectivity index (χ0v) is 18.2. The first kappa shape index (κ1) is 20.0. The lowest BCUT2D eigenvalue weighted by atomic mass is 9.57. The van der Waals surface area contributed by atoms with Crippen LogP contribution in [0.4, 0.5) is 5.82 Å². The van der Waals surface area contributed by atoms with E-state index in [0.717, 1.165) is 42.3 Å². The summed E-state index contributed by atoms with van der Waals surface area (Å²) >= 11 is 0. The lowest BCUT2D eigenvalue weighted by molar-refractivity contribution is -0.106. The predicted molar refractivity (Wildman–Crippen MR) is 119 cm³/mol. The summed E-state index contributed by atoms with van der Waals surface area (Å²) in [6.07, 6.45) is 1.50. The number of guanidine groups is 1. The molecule has 2 aromatic rings. The molecular formula is C23H33N5O. The highest BCUT2D eigenvalue weighted by atomic mass is 16.5. The van der Waals surface area contributed by atoms with Crippen molar-refractivity contribution >= 4 is 22.7 Å². The van der Waals surface area contributed by atoms with E-state index in [4.69, 9.17) is 14.7 Å². The van der Waals surface area contributed by atoms with Crippen molar-refractivity contribution in [3.05, 3.63) is 35.9 Å². The van der Waals surface area contributed by atoms with Crippen LogP contribution < -0.4 is 15.5 Å². The molecule has 29 heavy (non-hydrogen) atoms. The van der Waals surface area contributed by atoms with Gasteiger partial charge < -0.3 is 20.3 Å². The third-order valence-corrected chi connectivity index (χ3v) is 6.39. The summed E-state index contributed by atoms with van der Waals surface area (Å²) in [7, 11) is 4.04. The second-order valence-corrected chi connectivity index (χ2v) is 8.93. The molecule has 1 aliphatic carbocycles. The van der Waals surface area contributed by atoms with Crippen LogP contribution in [0.25, 0.3) is 10.9 Å². The molecule has 0 radical (unpaired) electrons. The van der Waals surface area contributed by atoms with Crippen LogP contribution in [-0.4, -0.2) is 50.3 Å². The highest BCUT2D eigenvalue weighted by Gasteiger charge is 2.59. The van der Waals surface area contributed by atoms with Crippen molar-refractivity contribution in [1.82, 2.24) is 15.6 Å². The minimum atomic E-state index is 0.124. The summed E-state index contributed by atoms with van der Waals surface area (Å²) in [4.78, 5) is 11.7. The normalized spacial score (nSPS) is 25.4. The Bertz CT molecular complexity index is 907. The standard InChI is InChI=1S/C23H33N5O/c1-6-24-22(27-20-17-11-12-29-21(17)23(20,2)3)25-14-15-13-19(28(4)5)26-18-10-8-7-9-16(15)18/h7-10,13,17,20-21H,6,11-12,14H2,1-5H3,(H2,24,25,27). The molecule has 156 valence electrons. The maximum atomic E-state index is 5.94. The van der Waals surface area contributed by atoms with Crippen LogP contribution in [0.15, 0.2) is 35.3 Å². The first-order valence-corrected chi connectivity index (χ1v) is 10.6. The van der Waals surface area contributed by atoms with Crippen LogP contribution >= 0.6 is 0 Å². The van der Waals surface area contributed by atoms with Gasteiger partial charge in [-0.25, -0.2) is 9.98 Å². The number of nitrogens with one attached hydrogen (secondary N) is 2. The highest BCUT2D eigenvalue weighted by molar-refractivity contribution is 5.85. The van der Waals surface area contributed by atoms with Gasteiger partial charge in [0.15, 0.2) is 5.96 Å². The Balaban J connectivity index is 1.59. The third kappa shape index (κ3) is 3.66. The van der Waals surface area contributed by atoms with Gasteiger partial charge in [-0.15, -0.1) is 0 Å². The molecule has 2 aliphatic rings. The smallest absolute Gasteiger partial charge is 0.191 e. The lowest BCUT2D eigenvalue weighted by Gasteiger charge is -2.54. The Labute approximate surface area is 173 Å². The van der Waals surface area contributed by atoms with Crippen LogP contribution in [0.3, 0.4) is 0 Å². The van der Waals surface area contributed by atoms with E-state index in [1.54, 1.807) is 0 Å². The van der Waals surface area contributed by atoms with Crippen LogP contribution in [0.1, 0.15) is 32.8 Å². The molecule has 0 spiro atoms. The zero-order chi connectivity index (χ0) is 20.6. The molecule has 4 rings (SSSR count). The molecule has 0 amide bonds. The Morgan fingerprint density at radius 2 is 2.10 bits per heavy atom. The molecule has 2 N–H and O–H groups in total. The minimum absolute atomic E-state index is 0.124. The van der Waals surface area contributed by atoms with Gasteiger partial charge in [0.05, 0.1) is 18.2 Å². The number of hydrogen-bond donors (Lipinski definition) is 2. The molecule has 1 saturated carbocycles. The largest absolute Gasteiger partial charge is 0.377 e. The van der Waals surface area contributed by atoms with Crippen molar-refractivity contribution < 1.29 is 4.74 Å². The molecule has 1 aromatic carbocycles. The van der Waals surface area contributed by atoms with E-state index in [-0.39, 0.29) is 5.41 Å². The predicted octanol–water partition coefficient (Wildman–Crippen LogP) is 3.17. The topological polar surface area (TPSA) is 61.8 Å². The molecule has 2 fully saturated rings. The van der Waals surface area contributed by atoms with Crippen molar-refractivity contribution in [2.75, 3.05) is 32.1 Å². The first-order chi connectivity index (χ1) is 13.9. The van der Waals surface area contributed by atoms with Crippen molar-refractivity contribution in [3.63, 3.8) is 0 Å². The SMILES string of the molecule is CCNC(=NCc1cc(N(C)C)nc2ccccc12)NC1C2CCOC2C1(C)C. The molecule has 2 heterocycles. The average molecular weight is 396 g/mol. The van der Waals surface area contributed by atoms with Gasteiger partial charge in [0.25, 0.3) is 0 Å². The minimum Gasteiger partial charge on any atom is -0.377 e. The van der Waals surface area contributed by atoms with Gasteiger partial charge in [0.2, 0.25) is 0 Å². The van der Waals surface area contributed by atoms with Gasteiger partial charge in [0.1, 0.15) is 5.82 Å². The Morgan fingerprint density at radius 1 is 1.31 bits per heavy atom. The van der Waals surface area contributed by atoms with E-state index in [1.807, 2.05) is 25.1 Å². The average Bonchev–Trinajstić information content (AvgIpc) is 3.16. The Hall–Kier alpha value is -2.34. The molecule has 3 unspecified atom stereocenters. The number of ether oxygens (including phenoxy) is 1. The molecule has 0 bridgehead atoms. The van der Waals surface area contributed by atoms with Gasteiger partial charge in [0, 0.05) is 50.0 Å². The number of aromatic nitrogens is 1. The summed E-state index contributed by atoms with van der Waals surface area (Å²) in [5.74, 6) is 2.41. The number of hydrogen-bond acceptors (Lipinski definition) is 4. The van der Waals surface area contributed by atoms with E-state index in [9.17, 15) is 0 Å². The number of pyridine rings is 1. The monoisotopic (exact) mass is 395 g/mol. The molecule has 1 aliphatic heterocycles. The van der Waals surface area contributed by atoms with E-state index in [1.165, 1.54) is 5.56 Å². The summed E-state index contributed by atoms with van der Waals surface area (Å²) < 4.78 is 5.94.